The summed E-state index contributed by atoms with van der Waals surface area (Å²) in [5, 5.41) is 0. The fraction of sp³-hybridized carbons (Fsp3) is 0.278. The second-order valence-electron chi connectivity index (χ2n) is 5.55. The predicted octanol–water partition coefficient (Wildman–Crippen LogP) is 4.52. The quantitative estimate of drug-likeness (QED) is 0.583. The van der Waals surface area contributed by atoms with Crippen LogP contribution in [0.25, 0.3) is 0 Å². The Labute approximate surface area is 138 Å². The molecule has 0 fully saturated rings. The maximum absolute atomic E-state index is 12.0. The molecule has 1 heterocycles. The Balaban J connectivity index is 2.14. The zero-order chi connectivity index (χ0) is 15.9. The van der Waals surface area contributed by atoms with Crippen molar-refractivity contribution in [2.45, 2.75) is 26.2 Å². The normalized spacial score (nSPS) is 16.9. The van der Waals surface area contributed by atoms with Crippen LogP contribution in [0.4, 0.5) is 0 Å². The molecule has 22 heavy (non-hydrogen) atoms. The summed E-state index contributed by atoms with van der Waals surface area (Å²) in [5.41, 5.74) is 4.38. The van der Waals surface area contributed by atoms with Crippen molar-refractivity contribution in [1.82, 2.24) is 0 Å². The molecule has 2 aromatic rings. The molecule has 4 heteroatoms. The lowest BCUT2D eigenvalue weighted by Gasteiger charge is -2.28. The summed E-state index contributed by atoms with van der Waals surface area (Å²) in [6.45, 7) is 4.06. The summed E-state index contributed by atoms with van der Waals surface area (Å²) >= 11 is 3.64. The maximum Gasteiger partial charge on any atom is 0.312 e. The van der Waals surface area contributed by atoms with E-state index in [1.54, 1.807) is 7.11 Å². The molecule has 0 N–H and O–H groups in total. The molecule has 0 amide bonds. The molecule has 1 aliphatic rings. The summed E-state index contributed by atoms with van der Waals surface area (Å²) in [7, 11) is 1.65. The van der Waals surface area contributed by atoms with Crippen molar-refractivity contribution >= 4 is 21.9 Å². The molecule has 0 aliphatic carbocycles. The molecule has 114 valence electrons. The number of carbonyl (C=O) groups excluding carboxylic acids is 1. The van der Waals surface area contributed by atoms with E-state index in [0.29, 0.717) is 12.2 Å². The molecule has 1 aliphatic heterocycles. The summed E-state index contributed by atoms with van der Waals surface area (Å²) in [5.74, 6) is 1.31. The molecular formula is C18H17BrO3. The van der Waals surface area contributed by atoms with Gasteiger partial charge in [0.25, 0.3) is 0 Å². The molecule has 3 nitrogen and oxygen atoms in total. The van der Waals surface area contributed by atoms with Gasteiger partial charge in [-0.15, -0.1) is 0 Å². The molecule has 2 aromatic carbocycles. The van der Waals surface area contributed by atoms with E-state index in [1.807, 2.05) is 37.3 Å². The van der Waals surface area contributed by atoms with Crippen LogP contribution in [-0.2, 0) is 4.79 Å². The van der Waals surface area contributed by atoms with Crippen LogP contribution in [-0.4, -0.2) is 13.1 Å². The number of hydrogen-bond acceptors (Lipinski definition) is 3. The van der Waals surface area contributed by atoms with Gasteiger partial charge in [0.2, 0.25) is 0 Å². The van der Waals surface area contributed by atoms with E-state index in [0.717, 1.165) is 32.5 Å². The highest BCUT2D eigenvalue weighted by Gasteiger charge is 2.31. The first-order chi connectivity index (χ1) is 10.5. The van der Waals surface area contributed by atoms with Crippen molar-refractivity contribution in [2.24, 2.45) is 0 Å². The number of aryl methyl sites for hydroxylation is 1. The van der Waals surface area contributed by atoms with Crippen molar-refractivity contribution in [3.05, 3.63) is 57.1 Å². The molecule has 0 radical (unpaired) electrons. The van der Waals surface area contributed by atoms with E-state index in [9.17, 15) is 4.79 Å². The zero-order valence-electron chi connectivity index (χ0n) is 12.8. The Morgan fingerprint density at radius 1 is 1.23 bits per heavy atom. The fourth-order valence-corrected chi connectivity index (χ4v) is 3.34. The van der Waals surface area contributed by atoms with Crippen LogP contribution >= 0.6 is 15.9 Å². The van der Waals surface area contributed by atoms with Crippen molar-refractivity contribution in [1.29, 1.82) is 0 Å². The van der Waals surface area contributed by atoms with Gasteiger partial charge < -0.3 is 9.47 Å². The SMILES string of the molecule is COc1ccc([C@@H]2CC(=O)Oc3cc(C)c(Br)c(C)c32)cc1. The van der Waals surface area contributed by atoms with Crippen LogP contribution < -0.4 is 9.47 Å². The number of benzene rings is 2. The van der Waals surface area contributed by atoms with E-state index in [-0.39, 0.29) is 11.9 Å². The minimum absolute atomic E-state index is 0.0130. The van der Waals surface area contributed by atoms with Gasteiger partial charge in [-0.2, -0.15) is 0 Å². The predicted molar refractivity (Wildman–Crippen MR) is 88.7 cm³/mol. The summed E-state index contributed by atoms with van der Waals surface area (Å²) in [4.78, 5) is 12.0. The second-order valence-corrected chi connectivity index (χ2v) is 6.34. The summed E-state index contributed by atoms with van der Waals surface area (Å²) in [6.07, 6.45) is 0.357. The van der Waals surface area contributed by atoms with Gasteiger partial charge in [-0.25, -0.2) is 0 Å². The van der Waals surface area contributed by atoms with E-state index < -0.39 is 0 Å². The van der Waals surface area contributed by atoms with Crippen LogP contribution in [0.1, 0.15) is 34.6 Å². The van der Waals surface area contributed by atoms with Gasteiger partial charge in [0.1, 0.15) is 11.5 Å². The van der Waals surface area contributed by atoms with E-state index in [1.165, 1.54) is 0 Å². The van der Waals surface area contributed by atoms with Gasteiger partial charge in [-0.05, 0) is 48.7 Å². The topological polar surface area (TPSA) is 35.5 Å². The van der Waals surface area contributed by atoms with Gasteiger partial charge in [0, 0.05) is 16.0 Å². The molecule has 0 saturated heterocycles. The number of hydrogen-bond donors (Lipinski definition) is 0. The highest BCUT2D eigenvalue weighted by Crippen LogP contribution is 2.44. The lowest BCUT2D eigenvalue weighted by Crippen LogP contribution is -2.22. The second kappa shape index (κ2) is 5.76. The molecular weight excluding hydrogens is 344 g/mol. The molecule has 1 atom stereocenters. The Kier molecular flexibility index (Phi) is 3.96. The number of carbonyl (C=O) groups is 1. The number of halogens is 1. The number of methoxy groups -OCH3 is 1. The standard InChI is InChI=1S/C18H17BrO3/c1-10-8-15-17(11(2)18(10)19)14(9-16(20)22-15)12-4-6-13(21-3)7-5-12/h4-8,14H,9H2,1-3H3/t14-/m0/s1. The van der Waals surface area contributed by atoms with Crippen molar-refractivity contribution < 1.29 is 14.3 Å². The number of ether oxygens (including phenoxy) is 2. The van der Waals surface area contributed by atoms with Gasteiger partial charge in [-0.1, -0.05) is 28.1 Å². The highest BCUT2D eigenvalue weighted by atomic mass is 79.9. The molecule has 3 rings (SSSR count). The first-order valence-corrected chi connectivity index (χ1v) is 7.94. The van der Waals surface area contributed by atoms with Crippen LogP contribution in [0.3, 0.4) is 0 Å². The number of rotatable bonds is 2. The molecule has 0 spiro atoms. The lowest BCUT2D eigenvalue weighted by atomic mass is 9.83. The van der Waals surface area contributed by atoms with Crippen molar-refractivity contribution in [3.8, 4) is 11.5 Å². The minimum atomic E-state index is -0.186. The van der Waals surface area contributed by atoms with Crippen LogP contribution in [0, 0.1) is 13.8 Å². The molecule has 0 bridgehead atoms. The molecule has 0 saturated carbocycles. The average Bonchev–Trinajstić information content (AvgIpc) is 2.52. The van der Waals surface area contributed by atoms with E-state index in [4.69, 9.17) is 9.47 Å². The van der Waals surface area contributed by atoms with Gasteiger partial charge in [-0.3, -0.25) is 4.79 Å². The lowest BCUT2D eigenvalue weighted by molar-refractivity contribution is -0.135. The Morgan fingerprint density at radius 3 is 2.55 bits per heavy atom. The highest BCUT2D eigenvalue weighted by molar-refractivity contribution is 9.10. The summed E-state index contributed by atoms with van der Waals surface area (Å²) < 4.78 is 11.7. The van der Waals surface area contributed by atoms with Crippen LogP contribution in [0.15, 0.2) is 34.8 Å². The smallest absolute Gasteiger partial charge is 0.312 e. The Hall–Kier alpha value is -1.81. The van der Waals surface area contributed by atoms with Gasteiger partial charge >= 0.3 is 5.97 Å². The first-order valence-electron chi connectivity index (χ1n) is 7.15. The molecule has 0 aromatic heterocycles. The third-order valence-corrected chi connectivity index (χ3v) is 5.37. The van der Waals surface area contributed by atoms with Gasteiger partial charge in [0.15, 0.2) is 0 Å². The Bertz CT molecular complexity index is 735. The average molecular weight is 361 g/mol. The molecule has 0 unspecified atom stereocenters. The van der Waals surface area contributed by atoms with Crippen molar-refractivity contribution in [2.75, 3.05) is 7.11 Å². The first kappa shape index (κ1) is 15.1. The third kappa shape index (κ3) is 2.52. The van der Waals surface area contributed by atoms with E-state index in [2.05, 4.69) is 22.9 Å². The Morgan fingerprint density at radius 2 is 1.91 bits per heavy atom. The van der Waals surface area contributed by atoms with Crippen molar-refractivity contribution in [3.63, 3.8) is 0 Å². The minimum Gasteiger partial charge on any atom is -0.497 e. The number of fused-ring (bicyclic) bond motifs is 1. The number of esters is 1. The summed E-state index contributed by atoms with van der Waals surface area (Å²) in [6, 6.07) is 9.80. The fourth-order valence-electron chi connectivity index (χ4n) is 3.01. The van der Waals surface area contributed by atoms with Crippen LogP contribution in [0.2, 0.25) is 0 Å². The monoisotopic (exact) mass is 360 g/mol. The largest absolute Gasteiger partial charge is 0.497 e. The van der Waals surface area contributed by atoms with Crippen LogP contribution in [0.5, 0.6) is 11.5 Å². The zero-order valence-corrected chi connectivity index (χ0v) is 14.4. The van der Waals surface area contributed by atoms with Gasteiger partial charge in [0.05, 0.1) is 13.5 Å². The van der Waals surface area contributed by atoms with E-state index >= 15 is 0 Å². The maximum atomic E-state index is 12.0. The third-order valence-electron chi connectivity index (χ3n) is 4.15.